The Morgan fingerprint density at radius 3 is 2.93 bits per heavy atom. The van der Waals surface area contributed by atoms with Gasteiger partial charge in [0.25, 0.3) is 0 Å². The topological polar surface area (TPSA) is 59.2 Å². The number of rotatable bonds is 3. The van der Waals surface area contributed by atoms with E-state index in [9.17, 15) is 9.59 Å². The highest BCUT2D eigenvalue weighted by Crippen LogP contribution is 2.02. The number of aromatic nitrogens is 1. The number of aromatic amines is 1. The van der Waals surface area contributed by atoms with Gasteiger partial charge in [-0.05, 0) is 22.9 Å². The van der Waals surface area contributed by atoms with E-state index in [2.05, 4.69) is 20.9 Å². The molecule has 1 N–H and O–H groups in total. The molecule has 0 unspecified atom stereocenters. The van der Waals surface area contributed by atoms with Crippen LogP contribution < -0.4 is 5.43 Å². The molecular weight excluding hydrogens is 250 g/mol. The summed E-state index contributed by atoms with van der Waals surface area (Å²) in [6.07, 6.45) is 3.03. The molecule has 1 aromatic heterocycles. The van der Waals surface area contributed by atoms with Crippen molar-refractivity contribution in [2.75, 3.05) is 6.61 Å². The van der Waals surface area contributed by atoms with Crippen molar-refractivity contribution >= 4 is 21.9 Å². The monoisotopic (exact) mass is 259 g/mol. The molecule has 5 heteroatoms. The van der Waals surface area contributed by atoms with E-state index in [0.717, 1.165) is 0 Å². The van der Waals surface area contributed by atoms with Gasteiger partial charge in [0.2, 0.25) is 0 Å². The van der Waals surface area contributed by atoms with Crippen LogP contribution in [0.25, 0.3) is 0 Å². The van der Waals surface area contributed by atoms with Gasteiger partial charge in [-0.1, -0.05) is 0 Å². The van der Waals surface area contributed by atoms with Crippen molar-refractivity contribution < 1.29 is 9.53 Å². The smallest absolute Gasteiger partial charge is 0.310 e. The van der Waals surface area contributed by atoms with Crippen LogP contribution in [0.1, 0.15) is 12.5 Å². The number of pyridine rings is 1. The fourth-order valence-electron chi connectivity index (χ4n) is 0.999. The Kier molecular flexibility index (Phi) is 3.88. The summed E-state index contributed by atoms with van der Waals surface area (Å²) in [7, 11) is 0. The first-order chi connectivity index (χ1) is 6.65. The van der Waals surface area contributed by atoms with Crippen molar-refractivity contribution in [2.24, 2.45) is 0 Å². The maximum Gasteiger partial charge on any atom is 0.310 e. The molecule has 0 spiro atoms. The summed E-state index contributed by atoms with van der Waals surface area (Å²) in [6.45, 7) is 2.05. The van der Waals surface area contributed by atoms with Gasteiger partial charge in [0.05, 0.1) is 17.5 Å². The van der Waals surface area contributed by atoms with Crippen molar-refractivity contribution in [2.45, 2.75) is 13.3 Å². The molecule has 0 aliphatic carbocycles. The van der Waals surface area contributed by atoms with Gasteiger partial charge in [-0.3, -0.25) is 9.59 Å². The molecule has 0 bridgehead atoms. The van der Waals surface area contributed by atoms with Crippen LogP contribution in [0, 0.1) is 0 Å². The molecule has 1 rings (SSSR count). The Hall–Kier alpha value is -1.10. The van der Waals surface area contributed by atoms with Gasteiger partial charge in [0.1, 0.15) is 0 Å². The minimum absolute atomic E-state index is 0.00259. The van der Waals surface area contributed by atoms with Crippen LogP contribution in [0.5, 0.6) is 0 Å². The highest BCUT2D eigenvalue weighted by Gasteiger charge is 2.08. The Bertz CT molecular complexity index is 386. The summed E-state index contributed by atoms with van der Waals surface area (Å²) in [5.74, 6) is -0.392. The maximum atomic E-state index is 11.4. The van der Waals surface area contributed by atoms with Crippen LogP contribution in [0.15, 0.2) is 21.7 Å². The molecule has 0 aliphatic rings. The minimum atomic E-state index is -0.392. The van der Waals surface area contributed by atoms with E-state index in [1.165, 1.54) is 12.4 Å². The van der Waals surface area contributed by atoms with Crippen molar-refractivity contribution in [3.8, 4) is 0 Å². The Labute approximate surface area is 89.4 Å². The third-order valence-electron chi connectivity index (χ3n) is 1.62. The lowest BCUT2D eigenvalue weighted by Gasteiger charge is -2.01. The van der Waals surface area contributed by atoms with E-state index in [-0.39, 0.29) is 11.8 Å². The molecule has 76 valence electrons. The standard InChI is InChI=1S/C9H10BrNO3/c1-2-14-8(12)3-6-4-11-5-7(10)9(6)13/h4-5H,2-3H2,1H3,(H,11,13). The first-order valence-electron chi connectivity index (χ1n) is 4.16. The van der Waals surface area contributed by atoms with Crippen LogP contribution in [-0.4, -0.2) is 17.6 Å². The van der Waals surface area contributed by atoms with Gasteiger partial charge < -0.3 is 9.72 Å². The van der Waals surface area contributed by atoms with Crippen LogP contribution in [0.2, 0.25) is 0 Å². The molecular formula is C9H10BrNO3. The zero-order chi connectivity index (χ0) is 10.6. The fourth-order valence-corrected chi connectivity index (χ4v) is 1.39. The highest BCUT2D eigenvalue weighted by atomic mass is 79.9. The van der Waals surface area contributed by atoms with Crippen LogP contribution in [0.3, 0.4) is 0 Å². The Morgan fingerprint density at radius 2 is 2.29 bits per heavy atom. The van der Waals surface area contributed by atoms with Gasteiger partial charge in [-0.15, -0.1) is 0 Å². The molecule has 0 aromatic carbocycles. The molecule has 0 amide bonds. The zero-order valence-electron chi connectivity index (χ0n) is 7.67. The number of nitrogens with one attached hydrogen (secondary N) is 1. The molecule has 0 atom stereocenters. The van der Waals surface area contributed by atoms with E-state index in [1.54, 1.807) is 6.92 Å². The van der Waals surface area contributed by atoms with Crippen molar-refractivity contribution in [3.05, 3.63) is 32.7 Å². The maximum absolute atomic E-state index is 11.4. The first kappa shape index (κ1) is 11.0. The second-order valence-corrected chi connectivity index (χ2v) is 3.49. The summed E-state index contributed by atoms with van der Waals surface area (Å²) in [5.41, 5.74) is 0.217. The summed E-state index contributed by atoms with van der Waals surface area (Å²) in [6, 6.07) is 0. The van der Waals surface area contributed by atoms with Gasteiger partial charge in [0, 0.05) is 18.0 Å². The average Bonchev–Trinajstić information content (AvgIpc) is 2.13. The number of halogens is 1. The van der Waals surface area contributed by atoms with Crippen molar-refractivity contribution in [1.29, 1.82) is 0 Å². The fraction of sp³-hybridized carbons (Fsp3) is 0.333. The van der Waals surface area contributed by atoms with Gasteiger partial charge in [-0.25, -0.2) is 0 Å². The van der Waals surface area contributed by atoms with E-state index < -0.39 is 5.97 Å². The third kappa shape index (κ3) is 2.70. The van der Waals surface area contributed by atoms with Gasteiger partial charge in [0.15, 0.2) is 5.43 Å². The predicted octanol–water partition coefficient (Wildman–Crippen LogP) is 1.24. The lowest BCUT2D eigenvalue weighted by atomic mass is 10.2. The molecule has 0 saturated carbocycles. The number of esters is 1. The molecule has 1 aromatic rings. The number of ether oxygens (including phenoxy) is 1. The SMILES string of the molecule is CCOC(=O)Cc1c[nH]cc(Br)c1=O. The number of hydrogen-bond donors (Lipinski definition) is 1. The van der Waals surface area contributed by atoms with Gasteiger partial charge >= 0.3 is 5.97 Å². The number of carbonyl (C=O) groups is 1. The molecule has 0 saturated heterocycles. The lowest BCUT2D eigenvalue weighted by Crippen LogP contribution is -2.16. The first-order valence-corrected chi connectivity index (χ1v) is 4.95. The quantitative estimate of drug-likeness (QED) is 0.832. The van der Waals surface area contributed by atoms with Crippen LogP contribution in [-0.2, 0) is 16.0 Å². The van der Waals surface area contributed by atoms with E-state index in [1.807, 2.05) is 0 Å². The van der Waals surface area contributed by atoms with Crippen molar-refractivity contribution in [1.82, 2.24) is 4.98 Å². The summed E-state index contributed by atoms with van der Waals surface area (Å²) >= 11 is 3.08. The van der Waals surface area contributed by atoms with E-state index in [4.69, 9.17) is 4.74 Å². The normalized spacial score (nSPS) is 9.86. The average molecular weight is 260 g/mol. The third-order valence-corrected chi connectivity index (χ3v) is 2.21. The number of H-pyrrole nitrogens is 1. The largest absolute Gasteiger partial charge is 0.466 e. The number of carbonyl (C=O) groups excluding carboxylic acids is 1. The molecule has 14 heavy (non-hydrogen) atoms. The summed E-state index contributed by atoms with van der Waals surface area (Å²) in [5, 5.41) is 0. The second kappa shape index (κ2) is 4.95. The second-order valence-electron chi connectivity index (χ2n) is 2.64. The Balaban J connectivity index is 2.82. The molecule has 4 nitrogen and oxygen atoms in total. The van der Waals surface area contributed by atoms with Crippen LogP contribution in [0.4, 0.5) is 0 Å². The molecule has 0 aliphatic heterocycles. The highest BCUT2D eigenvalue weighted by molar-refractivity contribution is 9.10. The van der Waals surface area contributed by atoms with Crippen LogP contribution >= 0.6 is 15.9 Å². The van der Waals surface area contributed by atoms with Gasteiger partial charge in [-0.2, -0.15) is 0 Å². The van der Waals surface area contributed by atoms with Crippen molar-refractivity contribution in [3.63, 3.8) is 0 Å². The molecule has 1 heterocycles. The summed E-state index contributed by atoms with van der Waals surface area (Å²) in [4.78, 5) is 25.3. The molecule has 0 fully saturated rings. The predicted molar refractivity (Wildman–Crippen MR) is 55.1 cm³/mol. The number of hydrogen-bond acceptors (Lipinski definition) is 3. The Morgan fingerprint density at radius 1 is 1.57 bits per heavy atom. The van der Waals surface area contributed by atoms with E-state index >= 15 is 0 Å². The summed E-state index contributed by atoms with van der Waals surface area (Å²) < 4.78 is 5.15. The van der Waals surface area contributed by atoms with E-state index in [0.29, 0.717) is 16.6 Å². The molecule has 0 radical (unpaired) electrons. The lowest BCUT2D eigenvalue weighted by molar-refractivity contribution is -0.142. The minimum Gasteiger partial charge on any atom is -0.466 e. The zero-order valence-corrected chi connectivity index (χ0v) is 9.26.